The third-order valence-corrected chi connectivity index (χ3v) is 3.93. The number of carboxylic acids is 1. The standard InChI is InChI=1S/C17H27NO4/c1-12(18-10-9-17(2,3)16(20)21)5-6-13-7-8-15(22-4)14(19)11-13/h7-8,11-12,18-19H,5-6,9-10H2,1-4H3,(H,20,21). The molecule has 3 N–H and O–H groups in total. The summed E-state index contributed by atoms with van der Waals surface area (Å²) in [4.78, 5) is 11.0. The van der Waals surface area contributed by atoms with Crippen molar-refractivity contribution in [3.8, 4) is 11.5 Å². The van der Waals surface area contributed by atoms with Crippen molar-refractivity contribution in [3.63, 3.8) is 0 Å². The van der Waals surface area contributed by atoms with Crippen LogP contribution >= 0.6 is 0 Å². The Kier molecular flexibility index (Phi) is 6.68. The van der Waals surface area contributed by atoms with Gasteiger partial charge in [-0.15, -0.1) is 0 Å². The SMILES string of the molecule is COc1ccc(CCC(C)NCCC(C)(C)C(=O)O)cc1O. The van der Waals surface area contributed by atoms with E-state index in [2.05, 4.69) is 12.2 Å². The first-order valence-corrected chi connectivity index (χ1v) is 7.59. The Morgan fingerprint density at radius 3 is 2.64 bits per heavy atom. The molecule has 0 heterocycles. The molecule has 0 amide bonds. The van der Waals surface area contributed by atoms with E-state index in [1.807, 2.05) is 6.07 Å². The Balaban J connectivity index is 2.36. The molecule has 0 aliphatic heterocycles. The van der Waals surface area contributed by atoms with Gasteiger partial charge < -0.3 is 20.3 Å². The minimum Gasteiger partial charge on any atom is -0.504 e. The minimum absolute atomic E-state index is 0.156. The highest BCUT2D eigenvalue weighted by atomic mass is 16.5. The van der Waals surface area contributed by atoms with E-state index < -0.39 is 11.4 Å². The largest absolute Gasteiger partial charge is 0.504 e. The van der Waals surface area contributed by atoms with Gasteiger partial charge in [0.05, 0.1) is 12.5 Å². The number of phenolic OH excluding ortho intramolecular Hbond substituents is 1. The summed E-state index contributed by atoms with van der Waals surface area (Å²) in [5.41, 5.74) is 0.354. The van der Waals surface area contributed by atoms with Crippen LogP contribution in [0.5, 0.6) is 11.5 Å². The molecule has 0 radical (unpaired) electrons. The third kappa shape index (κ3) is 5.56. The maximum absolute atomic E-state index is 11.0. The molecular formula is C17H27NO4. The molecule has 5 heteroatoms. The third-order valence-electron chi connectivity index (χ3n) is 3.93. The van der Waals surface area contributed by atoms with Crippen LogP contribution in [0.15, 0.2) is 18.2 Å². The molecule has 0 fully saturated rings. The Bertz CT molecular complexity index is 499. The van der Waals surface area contributed by atoms with Gasteiger partial charge in [-0.05, 0) is 64.3 Å². The Morgan fingerprint density at radius 1 is 1.41 bits per heavy atom. The number of hydrogen-bond donors (Lipinski definition) is 3. The lowest BCUT2D eigenvalue weighted by molar-refractivity contribution is -0.147. The van der Waals surface area contributed by atoms with Crippen LogP contribution in [0.2, 0.25) is 0 Å². The molecule has 0 aliphatic carbocycles. The van der Waals surface area contributed by atoms with E-state index in [0.717, 1.165) is 18.4 Å². The van der Waals surface area contributed by atoms with Crippen LogP contribution in [0.25, 0.3) is 0 Å². The number of nitrogens with one attached hydrogen (secondary N) is 1. The maximum Gasteiger partial charge on any atom is 0.309 e. The molecular weight excluding hydrogens is 282 g/mol. The van der Waals surface area contributed by atoms with Crippen LogP contribution in [0.1, 0.15) is 39.2 Å². The number of aliphatic carboxylic acids is 1. The summed E-state index contributed by atoms with van der Waals surface area (Å²) < 4.78 is 5.02. The number of carbonyl (C=O) groups is 1. The van der Waals surface area contributed by atoms with Gasteiger partial charge in [0.25, 0.3) is 0 Å². The van der Waals surface area contributed by atoms with E-state index in [-0.39, 0.29) is 11.8 Å². The number of methoxy groups -OCH3 is 1. The topological polar surface area (TPSA) is 78.8 Å². The first kappa shape index (κ1) is 18.3. The highest BCUT2D eigenvalue weighted by Gasteiger charge is 2.26. The van der Waals surface area contributed by atoms with Crippen molar-refractivity contribution in [2.24, 2.45) is 5.41 Å². The summed E-state index contributed by atoms with van der Waals surface area (Å²) in [6.45, 7) is 6.23. The van der Waals surface area contributed by atoms with Gasteiger partial charge in [0.15, 0.2) is 11.5 Å². The fourth-order valence-corrected chi connectivity index (χ4v) is 2.11. The lowest BCUT2D eigenvalue weighted by Crippen LogP contribution is -2.33. The van der Waals surface area contributed by atoms with E-state index in [9.17, 15) is 9.90 Å². The number of benzene rings is 1. The Labute approximate surface area is 132 Å². The van der Waals surface area contributed by atoms with E-state index in [1.165, 1.54) is 7.11 Å². The Hall–Kier alpha value is -1.75. The molecule has 0 saturated heterocycles. The van der Waals surface area contributed by atoms with Crippen molar-refractivity contribution in [1.82, 2.24) is 5.32 Å². The fraction of sp³-hybridized carbons (Fsp3) is 0.588. The summed E-state index contributed by atoms with van der Waals surface area (Å²) in [5.74, 6) is -0.134. The maximum atomic E-state index is 11.0. The molecule has 0 aliphatic rings. The number of carboxylic acid groups (broad SMARTS) is 1. The predicted molar refractivity (Wildman–Crippen MR) is 86.5 cm³/mol. The second-order valence-electron chi connectivity index (χ2n) is 6.34. The highest BCUT2D eigenvalue weighted by Crippen LogP contribution is 2.26. The van der Waals surface area contributed by atoms with E-state index in [0.29, 0.717) is 18.7 Å². The van der Waals surface area contributed by atoms with Crippen molar-refractivity contribution in [2.75, 3.05) is 13.7 Å². The summed E-state index contributed by atoms with van der Waals surface area (Å²) in [5, 5.41) is 22.2. The van der Waals surface area contributed by atoms with E-state index in [1.54, 1.807) is 26.0 Å². The van der Waals surface area contributed by atoms with Crippen LogP contribution in [0, 0.1) is 5.41 Å². The normalized spacial score (nSPS) is 12.9. The van der Waals surface area contributed by atoms with Crippen molar-refractivity contribution in [2.45, 2.75) is 46.1 Å². The first-order valence-electron chi connectivity index (χ1n) is 7.59. The van der Waals surface area contributed by atoms with Gasteiger partial charge in [0, 0.05) is 6.04 Å². The monoisotopic (exact) mass is 309 g/mol. The summed E-state index contributed by atoms with van der Waals surface area (Å²) in [6, 6.07) is 5.71. The molecule has 1 rings (SSSR count). The van der Waals surface area contributed by atoms with Crippen LogP contribution in [-0.4, -0.2) is 35.9 Å². The molecule has 1 atom stereocenters. The van der Waals surface area contributed by atoms with Crippen LogP contribution < -0.4 is 10.1 Å². The van der Waals surface area contributed by atoms with Gasteiger partial charge in [-0.2, -0.15) is 0 Å². The van der Waals surface area contributed by atoms with Crippen molar-refractivity contribution >= 4 is 5.97 Å². The van der Waals surface area contributed by atoms with E-state index in [4.69, 9.17) is 9.84 Å². The summed E-state index contributed by atoms with van der Waals surface area (Å²) in [7, 11) is 1.53. The number of hydrogen-bond acceptors (Lipinski definition) is 4. The average Bonchev–Trinajstić information content (AvgIpc) is 2.45. The lowest BCUT2D eigenvalue weighted by Gasteiger charge is -2.21. The Morgan fingerprint density at radius 2 is 2.09 bits per heavy atom. The first-order chi connectivity index (χ1) is 10.3. The lowest BCUT2D eigenvalue weighted by atomic mass is 9.89. The highest BCUT2D eigenvalue weighted by molar-refractivity contribution is 5.73. The summed E-state index contributed by atoms with van der Waals surface area (Å²) in [6.07, 6.45) is 2.35. The van der Waals surface area contributed by atoms with Crippen molar-refractivity contribution in [3.05, 3.63) is 23.8 Å². The molecule has 1 aromatic carbocycles. The predicted octanol–water partition coefficient (Wildman–Crippen LogP) is 2.81. The molecule has 0 spiro atoms. The van der Waals surface area contributed by atoms with Crippen molar-refractivity contribution < 1.29 is 19.7 Å². The van der Waals surface area contributed by atoms with E-state index >= 15 is 0 Å². The number of ether oxygens (including phenoxy) is 1. The van der Waals surface area contributed by atoms with Gasteiger partial charge in [-0.3, -0.25) is 4.79 Å². The van der Waals surface area contributed by atoms with Crippen LogP contribution in [0.4, 0.5) is 0 Å². The zero-order chi connectivity index (χ0) is 16.8. The average molecular weight is 309 g/mol. The summed E-state index contributed by atoms with van der Waals surface area (Å²) >= 11 is 0. The molecule has 1 unspecified atom stereocenters. The van der Waals surface area contributed by atoms with Gasteiger partial charge in [-0.25, -0.2) is 0 Å². The van der Waals surface area contributed by atoms with Crippen LogP contribution in [-0.2, 0) is 11.2 Å². The second-order valence-corrected chi connectivity index (χ2v) is 6.34. The number of aryl methyl sites for hydroxylation is 1. The molecule has 1 aromatic rings. The molecule has 0 aromatic heterocycles. The molecule has 0 saturated carbocycles. The van der Waals surface area contributed by atoms with Gasteiger partial charge in [0.2, 0.25) is 0 Å². The molecule has 124 valence electrons. The van der Waals surface area contributed by atoms with Gasteiger partial charge in [0.1, 0.15) is 0 Å². The van der Waals surface area contributed by atoms with Crippen molar-refractivity contribution in [1.29, 1.82) is 0 Å². The molecule has 22 heavy (non-hydrogen) atoms. The molecule has 5 nitrogen and oxygen atoms in total. The zero-order valence-corrected chi connectivity index (χ0v) is 13.8. The quantitative estimate of drug-likeness (QED) is 0.654. The fourth-order valence-electron chi connectivity index (χ4n) is 2.11. The number of rotatable bonds is 9. The smallest absolute Gasteiger partial charge is 0.309 e. The second kappa shape index (κ2) is 8.03. The van der Waals surface area contributed by atoms with Gasteiger partial charge in [-0.1, -0.05) is 6.07 Å². The van der Waals surface area contributed by atoms with Gasteiger partial charge >= 0.3 is 5.97 Å². The van der Waals surface area contributed by atoms with Crippen LogP contribution in [0.3, 0.4) is 0 Å². The zero-order valence-electron chi connectivity index (χ0n) is 13.8. The number of aromatic hydroxyl groups is 1. The molecule has 0 bridgehead atoms. The number of phenols is 1. The minimum atomic E-state index is -0.768.